The van der Waals surface area contributed by atoms with E-state index < -0.39 is 0 Å². The minimum Gasteiger partial charge on any atom is -0.338 e. The van der Waals surface area contributed by atoms with E-state index in [1.165, 1.54) is 5.56 Å². The molecular formula is C27H31N3O2. The summed E-state index contributed by atoms with van der Waals surface area (Å²) >= 11 is 0. The molecule has 0 unspecified atom stereocenters. The Hall–Kier alpha value is -3.34. The monoisotopic (exact) mass is 429 g/mol. The first kappa shape index (κ1) is 21.9. The highest BCUT2D eigenvalue weighted by Gasteiger charge is 2.20. The van der Waals surface area contributed by atoms with Gasteiger partial charge in [0.2, 0.25) is 5.91 Å². The van der Waals surface area contributed by atoms with Crippen LogP contribution < -0.4 is 5.32 Å². The van der Waals surface area contributed by atoms with Crippen molar-refractivity contribution in [2.45, 2.75) is 53.0 Å². The van der Waals surface area contributed by atoms with Gasteiger partial charge in [-0.1, -0.05) is 38.1 Å². The van der Waals surface area contributed by atoms with Crippen molar-refractivity contribution in [2.24, 2.45) is 0 Å². The zero-order valence-electron chi connectivity index (χ0n) is 19.3. The lowest BCUT2D eigenvalue weighted by Gasteiger charge is -2.16. The van der Waals surface area contributed by atoms with Gasteiger partial charge in [0.05, 0.1) is 5.56 Å². The molecular weight excluding hydrogens is 398 g/mol. The highest BCUT2D eigenvalue weighted by Crippen LogP contribution is 2.24. The van der Waals surface area contributed by atoms with Crippen LogP contribution in [-0.4, -0.2) is 27.8 Å². The number of carbonyl (C=O) groups excluding carboxylic acids is 2. The van der Waals surface area contributed by atoms with Crippen LogP contribution in [0, 0.1) is 13.8 Å². The predicted octanol–water partition coefficient (Wildman–Crippen LogP) is 5.59. The second-order valence-electron chi connectivity index (χ2n) is 8.94. The zero-order chi connectivity index (χ0) is 22.8. The number of benzene rings is 2. The molecule has 2 amide bonds. The molecule has 2 heterocycles. The van der Waals surface area contributed by atoms with Gasteiger partial charge in [0.1, 0.15) is 0 Å². The number of likely N-dealkylation sites (tertiary alicyclic amines) is 1. The first-order chi connectivity index (χ1) is 15.3. The number of nitrogens with one attached hydrogen (secondary N) is 1. The van der Waals surface area contributed by atoms with Crippen molar-refractivity contribution < 1.29 is 9.59 Å². The van der Waals surface area contributed by atoms with E-state index in [0.717, 1.165) is 41.3 Å². The Morgan fingerprint density at radius 1 is 1.06 bits per heavy atom. The molecule has 1 fully saturated rings. The summed E-state index contributed by atoms with van der Waals surface area (Å²) in [5.74, 6) is 0.558. The zero-order valence-corrected chi connectivity index (χ0v) is 19.3. The fourth-order valence-corrected chi connectivity index (χ4v) is 4.44. The van der Waals surface area contributed by atoms with Gasteiger partial charge >= 0.3 is 0 Å². The highest BCUT2D eigenvalue weighted by atomic mass is 16.2. The number of hydrogen-bond acceptors (Lipinski definition) is 2. The van der Waals surface area contributed by atoms with Crippen molar-refractivity contribution in [2.75, 3.05) is 11.9 Å². The van der Waals surface area contributed by atoms with Crippen molar-refractivity contribution >= 4 is 17.5 Å². The summed E-state index contributed by atoms with van der Waals surface area (Å²) in [7, 11) is 0. The quantitative estimate of drug-likeness (QED) is 0.555. The summed E-state index contributed by atoms with van der Waals surface area (Å²) in [5, 5.41) is 3.04. The summed E-state index contributed by atoms with van der Waals surface area (Å²) in [6.45, 7) is 9.76. The molecule has 0 saturated carbocycles. The average molecular weight is 430 g/mol. The van der Waals surface area contributed by atoms with Crippen LogP contribution >= 0.6 is 0 Å². The lowest BCUT2D eigenvalue weighted by molar-refractivity contribution is -0.128. The van der Waals surface area contributed by atoms with E-state index in [0.29, 0.717) is 24.4 Å². The molecule has 1 aromatic heterocycles. The van der Waals surface area contributed by atoms with Gasteiger partial charge in [-0.2, -0.15) is 0 Å². The molecule has 166 valence electrons. The van der Waals surface area contributed by atoms with E-state index in [2.05, 4.69) is 48.0 Å². The molecule has 1 N–H and O–H groups in total. The van der Waals surface area contributed by atoms with Crippen LogP contribution in [0.25, 0.3) is 5.69 Å². The Labute approximate surface area is 190 Å². The normalized spacial score (nSPS) is 13.8. The minimum absolute atomic E-state index is 0.127. The second kappa shape index (κ2) is 9.03. The average Bonchev–Trinajstić information content (AvgIpc) is 3.30. The predicted molar refractivity (Wildman–Crippen MR) is 128 cm³/mol. The molecule has 3 aromatic rings. The molecule has 1 saturated heterocycles. The van der Waals surface area contributed by atoms with Gasteiger partial charge in [0, 0.05) is 42.3 Å². The highest BCUT2D eigenvalue weighted by molar-refractivity contribution is 6.05. The van der Waals surface area contributed by atoms with Gasteiger partial charge in [-0.05, 0) is 67.6 Å². The topological polar surface area (TPSA) is 54.3 Å². The van der Waals surface area contributed by atoms with Crippen LogP contribution in [0.2, 0.25) is 0 Å². The molecule has 4 rings (SSSR count). The van der Waals surface area contributed by atoms with Crippen molar-refractivity contribution in [3.63, 3.8) is 0 Å². The molecule has 0 bridgehead atoms. The van der Waals surface area contributed by atoms with Crippen LogP contribution in [0.5, 0.6) is 0 Å². The van der Waals surface area contributed by atoms with E-state index in [1.54, 1.807) is 0 Å². The van der Waals surface area contributed by atoms with Crippen molar-refractivity contribution in [1.29, 1.82) is 0 Å². The lowest BCUT2D eigenvalue weighted by atomic mass is 10.0. The maximum Gasteiger partial charge on any atom is 0.257 e. The molecule has 0 aliphatic carbocycles. The number of anilines is 1. The molecule has 1 aliphatic heterocycles. The second-order valence-corrected chi connectivity index (χ2v) is 8.94. The van der Waals surface area contributed by atoms with Gasteiger partial charge in [-0.25, -0.2) is 0 Å². The summed E-state index contributed by atoms with van der Waals surface area (Å²) in [6.07, 6.45) is 1.55. The molecule has 0 spiro atoms. The molecule has 32 heavy (non-hydrogen) atoms. The van der Waals surface area contributed by atoms with E-state index in [-0.39, 0.29) is 11.8 Å². The van der Waals surface area contributed by atoms with Gasteiger partial charge in [0.15, 0.2) is 0 Å². The molecule has 0 radical (unpaired) electrons. The smallest absolute Gasteiger partial charge is 0.257 e. The summed E-state index contributed by atoms with van der Waals surface area (Å²) in [5.41, 5.74) is 6.71. The number of carbonyl (C=O) groups is 2. The molecule has 1 aliphatic rings. The van der Waals surface area contributed by atoms with Crippen LogP contribution in [0.4, 0.5) is 5.69 Å². The van der Waals surface area contributed by atoms with Crippen LogP contribution in [0.1, 0.15) is 65.5 Å². The number of aromatic nitrogens is 1. The first-order valence-electron chi connectivity index (χ1n) is 11.3. The third-order valence-corrected chi connectivity index (χ3v) is 6.22. The summed E-state index contributed by atoms with van der Waals surface area (Å²) in [4.78, 5) is 26.9. The standard InChI is InChI=1S/C27H31N3O2/c1-18(2)22-10-12-24(13-11-22)30-19(3)15-25(20(30)4)27(32)28-23-8-5-7-21(16-23)17-29-14-6-9-26(29)31/h5,7-8,10-13,15-16,18H,6,9,14,17H2,1-4H3,(H,28,32). The van der Waals surface area contributed by atoms with Gasteiger partial charge in [0.25, 0.3) is 5.91 Å². The van der Waals surface area contributed by atoms with Crippen LogP contribution in [-0.2, 0) is 11.3 Å². The van der Waals surface area contributed by atoms with Crippen molar-refractivity contribution in [1.82, 2.24) is 9.47 Å². The SMILES string of the molecule is Cc1cc(C(=O)Nc2cccc(CN3CCCC3=O)c2)c(C)n1-c1ccc(C(C)C)cc1. The molecule has 5 nitrogen and oxygen atoms in total. The fourth-order valence-electron chi connectivity index (χ4n) is 4.44. The first-order valence-corrected chi connectivity index (χ1v) is 11.3. The Morgan fingerprint density at radius 2 is 1.81 bits per heavy atom. The maximum absolute atomic E-state index is 13.1. The Morgan fingerprint density at radius 3 is 2.47 bits per heavy atom. The van der Waals surface area contributed by atoms with E-state index >= 15 is 0 Å². The van der Waals surface area contributed by atoms with Crippen LogP contribution in [0.3, 0.4) is 0 Å². The van der Waals surface area contributed by atoms with Gasteiger partial charge in [-0.15, -0.1) is 0 Å². The third kappa shape index (κ3) is 4.47. The van der Waals surface area contributed by atoms with Crippen molar-refractivity contribution in [3.8, 4) is 5.69 Å². The maximum atomic E-state index is 13.1. The van der Waals surface area contributed by atoms with E-state index in [4.69, 9.17) is 0 Å². The summed E-state index contributed by atoms with van der Waals surface area (Å²) < 4.78 is 2.12. The molecule has 0 atom stereocenters. The Kier molecular flexibility index (Phi) is 6.17. The minimum atomic E-state index is -0.127. The fraction of sp³-hybridized carbons (Fsp3) is 0.333. The van der Waals surface area contributed by atoms with E-state index in [9.17, 15) is 9.59 Å². The van der Waals surface area contributed by atoms with E-state index in [1.807, 2.05) is 49.1 Å². The summed E-state index contributed by atoms with van der Waals surface area (Å²) in [6, 6.07) is 18.2. The van der Waals surface area contributed by atoms with Crippen molar-refractivity contribution in [3.05, 3.63) is 82.7 Å². The van der Waals surface area contributed by atoms with Crippen LogP contribution in [0.15, 0.2) is 54.6 Å². The third-order valence-electron chi connectivity index (χ3n) is 6.22. The largest absolute Gasteiger partial charge is 0.338 e. The number of aryl methyl sites for hydroxylation is 1. The van der Waals surface area contributed by atoms with Gasteiger partial charge < -0.3 is 14.8 Å². The Balaban J connectivity index is 1.52. The molecule has 2 aromatic carbocycles. The number of amides is 2. The molecule has 5 heteroatoms. The number of nitrogens with zero attached hydrogens (tertiary/aromatic N) is 2. The lowest BCUT2D eigenvalue weighted by Crippen LogP contribution is -2.23. The Bertz CT molecular complexity index is 1140. The number of rotatable bonds is 6. The van der Waals surface area contributed by atoms with Gasteiger partial charge in [-0.3, -0.25) is 9.59 Å². The number of hydrogen-bond donors (Lipinski definition) is 1.